The molecule has 0 spiro atoms. The Morgan fingerprint density at radius 3 is 2.41 bits per heavy atom. The van der Waals surface area contributed by atoms with Crippen molar-refractivity contribution in [3.63, 3.8) is 0 Å². The number of amides is 1. The summed E-state index contributed by atoms with van der Waals surface area (Å²) in [7, 11) is 0. The summed E-state index contributed by atoms with van der Waals surface area (Å²) < 4.78 is 11.1. The number of carbonyl (C=O) groups is 1. The molecule has 1 N–H and O–H groups in total. The Labute approximate surface area is 162 Å². The summed E-state index contributed by atoms with van der Waals surface area (Å²) in [4.78, 5) is 12.7. The van der Waals surface area contributed by atoms with Gasteiger partial charge in [0.25, 0.3) is 5.91 Å². The zero-order valence-corrected chi connectivity index (χ0v) is 16.6. The third kappa shape index (κ3) is 4.81. The van der Waals surface area contributed by atoms with E-state index in [0.29, 0.717) is 30.9 Å². The molecule has 27 heavy (non-hydrogen) atoms. The van der Waals surface area contributed by atoms with Crippen molar-refractivity contribution in [1.29, 1.82) is 5.26 Å². The molecule has 146 valence electrons. The van der Waals surface area contributed by atoms with Crippen LogP contribution in [0.1, 0.15) is 63.2 Å². The van der Waals surface area contributed by atoms with Gasteiger partial charge < -0.3 is 14.8 Å². The molecule has 0 radical (unpaired) electrons. The van der Waals surface area contributed by atoms with Crippen LogP contribution in [0.15, 0.2) is 24.3 Å². The molecule has 5 nitrogen and oxygen atoms in total. The van der Waals surface area contributed by atoms with Crippen molar-refractivity contribution in [2.45, 2.75) is 64.5 Å². The van der Waals surface area contributed by atoms with Crippen LogP contribution in [-0.2, 0) is 4.74 Å². The number of carbonyl (C=O) groups excluding carboxylic acids is 1. The quantitative estimate of drug-likeness (QED) is 0.867. The van der Waals surface area contributed by atoms with Crippen LogP contribution in [0, 0.1) is 22.7 Å². The molecule has 1 saturated heterocycles. The van der Waals surface area contributed by atoms with E-state index in [1.165, 1.54) is 0 Å². The Morgan fingerprint density at radius 1 is 1.22 bits per heavy atom. The van der Waals surface area contributed by atoms with E-state index in [1.54, 1.807) is 12.1 Å². The second-order valence-corrected chi connectivity index (χ2v) is 8.92. The highest BCUT2D eigenvalue weighted by Crippen LogP contribution is 2.41. The predicted molar refractivity (Wildman–Crippen MR) is 104 cm³/mol. The zero-order valence-electron chi connectivity index (χ0n) is 16.6. The molecule has 0 bridgehead atoms. The molecule has 2 fully saturated rings. The van der Waals surface area contributed by atoms with Crippen molar-refractivity contribution in [3.05, 3.63) is 29.8 Å². The number of hydrogen-bond donors (Lipinski definition) is 1. The number of nitrogens with one attached hydrogen (secondary N) is 1. The average Bonchev–Trinajstić information content (AvgIpc) is 3.15. The van der Waals surface area contributed by atoms with Gasteiger partial charge in [-0.2, -0.15) is 5.26 Å². The van der Waals surface area contributed by atoms with E-state index < -0.39 is 5.54 Å². The molecular formula is C22H30N2O3. The lowest BCUT2D eigenvalue weighted by Crippen LogP contribution is -2.50. The lowest BCUT2D eigenvalue weighted by atomic mass is 9.67. The molecule has 1 amide bonds. The van der Waals surface area contributed by atoms with Gasteiger partial charge in [0.1, 0.15) is 17.4 Å². The Balaban J connectivity index is 1.59. The van der Waals surface area contributed by atoms with Crippen LogP contribution < -0.4 is 10.1 Å². The van der Waals surface area contributed by atoms with Gasteiger partial charge in [-0.1, -0.05) is 20.8 Å². The van der Waals surface area contributed by atoms with Gasteiger partial charge in [0.15, 0.2) is 0 Å². The molecular weight excluding hydrogens is 340 g/mol. The predicted octanol–water partition coefficient (Wildman–Crippen LogP) is 4.08. The lowest BCUT2D eigenvalue weighted by molar-refractivity contribution is 0.0855. The van der Waals surface area contributed by atoms with Crippen LogP contribution in [0.25, 0.3) is 0 Å². The molecule has 1 unspecified atom stereocenters. The Kier molecular flexibility index (Phi) is 5.76. The normalized spacial score (nSPS) is 28.4. The minimum Gasteiger partial charge on any atom is -0.488 e. The van der Waals surface area contributed by atoms with Crippen LogP contribution in [0.4, 0.5) is 0 Å². The number of nitrogens with zero attached hydrogens (tertiary/aromatic N) is 1. The van der Waals surface area contributed by atoms with E-state index in [4.69, 9.17) is 9.47 Å². The van der Waals surface area contributed by atoms with Crippen molar-refractivity contribution < 1.29 is 14.3 Å². The summed E-state index contributed by atoms with van der Waals surface area (Å²) in [6.45, 7) is 8.09. The first-order valence-corrected chi connectivity index (χ1v) is 9.90. The van der Waals surface area contributed by atoms with Gasteiger partial charge in [-0.25, -0.2) is 0 Å². The third-order valence-electron chi connectivity index (χ3n) is 5.94. The van der Waals surface area contributed by atoms with Crippen molar-refractivity contribution >= 4 is 5.91 Å². The van der Waals surface area contributed by atoms with Crippen LogP contribution in [0.3, 0.4) is 0 Å². The number of nitriles is 1. The topological polar surface area (TPSA) is 71.4 Å². The molecule has 5 heteroatoms. The minimum atomic E-state index is -0.755. The van der Waals surface area contributed by atoms with Crippen LogP contribution in [-0.4, -0.2) is 30.8 Å². The maximum Gasteiger partial charge on any atom is 0.252 e. The first-order chi connectivity index (χ1) is 12.8. The van der Waals surface area contributed by atoms with E-state index >= 15 is 0 Å². The number of hydrogen-bond acceptors (Lipinski definition) is 4. The Morgan fingerprint density at radius 2 is 1.89 bits per heavy atom. The fourth-order valence-electron chi connectivity index (χ4n) is 4.01. The van der Waals surface area contributed by atoms with Crippen molar-refractivity contribution in [1.82, 2.24) is 5.32 Å². The largest absolute Gasteiger partial charge is 0.488 e. The van der Waals surface area contributed by atoms with E-state index in [0.717, 1.165) is 31.6 Å². The van der Waals surface area contributed by atoms with E-state index in [9.17, 15) is 10.1 Å². The van der Waals surface area contributed by atoms with E-state index in [1.807, 2.05) is 12.1 Å². The maximum atomic E-state index is 12.7. The van der Waals surface area contributed by atoms with Crippen LogP contribution in [0.5, 0.6) is 5.75 Å². The van der Waals surface area contributed by atoms with Crippen LogP contribution >= 0.6 is 0 Å². The molecule has 1 saturated carbocycles. The monoisotopic (exact) mass is 370 g/mol. The maximum absolute atomic E-state index is 12.7. The van der Waals surface area contributed by atoms with Crippen molar-refractivity contribution in [2.24, 2.45) is 11.3 Å². The average molecular weight is 370 g/mol. The van der Waals surface area contributed by atoms with E-state index in [-0.39, 0.29) is 17.4 Å². The van der Waals surface area contributed by atoms with E-state index in [2.05, 4.69) is 32.2 Å². The highest BCUT2D eigenvalue weighted by Gasteiger charge is 2.40. The first-order valence-electron chi connectivity index (χ1n) is 9.90. The second kappa shape index (κ2) is 7.90. The summed E-state index contributed by atoms with van der Waals surface area (Å²) in [6.07, 6.45) is 4.33. The summed E-state index contributed by atoms with van der Waals surface area (Å²) in [5, 5.41) is 12.7. The Hall–Kier alpha value is -2.06. The van der Waals surface area contributed by atoms with Gasteiger partial charge in [0, 0.05) is 12.0 Å². The molecule has 1 aliphatic carbocycles. The summed E-state index contributed by atoms with van der Waals surface area (Å²) >= 11 is 0. The molecule has 1 aliphatic heterocycles. The SMILES string of the molecule is CC(C)(C)C1CCC(C#N)(NC(=O)c2ccc(OC3CCOC3)cc2)CC1. The highest BCUT2D eigenvalue weighted by atomic mass is 16.5. The summed E-state index contributed by atoms with van der Waals surface area (Å²) in [5.41, 5.74) is 0.0404. The van der Waals surface area contributed by atoms with Gasteiger partial charge in [0.2, 0.25) is 0 Å². The molecule has 0 aromatic heterocycles. The standard InChI is InChI=1S/C22H30N2O3/c1-21(2,3)17-8-11-22(15-23,12-9-17)24-20(25)16-4-6-18(7-5-16)27-19-10-13-26-14-19/h4-7,17,19H,8-14H2,1-3H3,(H,24,25). The van der Waals surface area contributed by atoms with Crippen LogP contribution in [0.2, 0.25) is 0 Å². The van der Waals surface area contributed by atoms with Crippen molar-refractivity contribution in [3.8, 4) is 11.8 Å². The fraction of sp³-hybridized carbons (Fsp3) is 0.636. The highest BCUT2D eigenvalue weighted by molar-refractivity contribution is 5.95. The summed E-state index contributed by atoms with van der Waals surface area (Å²) in [6, 6.07) is 9.51. The fourth-order valence-corrected chi connectivity index (χ4v) is 4.01. The van der Waals surface area contributed by atoms with Gasteiger partial charge in [0.05, 0.1) is 19.3 Å². The minimum absolute atomic E-state index is 0.0875. The third-order valence-corrected chi connectivity index (χ3v) is 5.94. The lowest BCUT2D eigenvalue weighted by Gasteiger charge is -2.40. The Bertz CT molecular complexity index is 686. The number of benzene rings is 1. The molecule has 2 aliphatic rings. The molecule has 1 heterocycles. The van der Waals surface area contributed by atoms with Gasteiger partial charge in [-0.15, -0.1) is 0 Å². The molecule has 3 rings (SSSR count). The summed E-state index contributed by atoms with van der Waals surface area (Å²) in [5.74, 6) is 1.14. The smallest absolute Gasteiger partial charge is 0.252 e. The van der Waals surface area contributed by atoms with Crippen molar-refractivity contribution in [2.75, 3.05) is 13.2 Å². The van der Waals surface area contributed by atoms with Gasteiger partial charge in [-0.05, 0) is 61.3 Å². The second-order valence-electron chi connectivity index (χ2n) is 8.92. The molecule has 1 aromatic rings. The zero-order chi connectivity index (χ0) is 19.5. The first kappa shape index (κ1) is 19.7. The van der Waals surface area contributed by atoms with Gasteiger partial charge in [-0.3, -0.25) is 4.79 Å². The molecule has 1 atom stereocenters. The number of ether oxygens (including phenoxy) is 2. The molecule has 1 aromatic carbocycles. The number of rotatable bonds is 4. The van der Waals surface area contributed by atoms with Gasteiger partial charge >= 0.3 is 0 Å².